The van der Waals surface area contributed by atoms with Crippen molar-refractivity contribution >= 4 is 44.4 Å². The molecule has 226 valence electrons. The molecule has 4 aromatic rings. The molecule has 0 bridgehead atoms. The first kappa shape index (κ1) is 28.1. The molecule has 6 rings (SSSR count). The molecule has 42 heavy (non-hydrogen) atoms. The molecule has 2 aliphatic heterocycles. The number of aromatic amines is 2. The number of ether oxygens (including phenoxy) is 2. The van der Waals surface area contributed by atoms with Gasteiger partial charge >= 0.3 is 0 Å². The van der Waals surface area contributed by atoms with Gasteiger partial charge in [0, 0.05) is 18.9 Å². The van der Waals surface area contributed by atoms with E-state index in [4.69, 9.17) is 20.9 Å². The molecule has 2 fully saturated rings. The Bertz CT molecular complexity index is 1870. The van der Waals surface area contributed by atoms with E-state index in [0.29, 0.717) is 0 Å². The number of hydrogen-bond acceptors (Lipinski definition) is 14. The predicted octanol–water partition coefficient (Wildman–Crippen LogP) is -3.62. The zero-order valence-corrected chi connectivity index (χ0v) is 22.7. The largest absolute Gasteiger partial charge is 0.394 e. The first-order valence-electron chi connectivity index (χ1n) is 12.8. The van der Waals surface area contributed by atoms with Crippen LogP contribution in [-0.4, -0.2) is 95.2 Å². The summed E-state index contributed by atoms with van der Waals surface area (Å²) in [5, 5.41) is 20.5. The van der Waals surface area contributed by atoms with Crippen LogP contribution < -0.4 is 32.0 Å². The van der Waals surface area contributed by atoms with Gasteiger partial charge in [0.05, 0.1) is 43.6 Å². The van der Waals surface area contributed by atoms with Crippen LogP contribution in [-0.2, 0) is 19.7 Å². The number of hydrogen-bond donors (Lipinski definition) is 8. The van der Waals surface area contributed by atoms with Crippen LogP contribution in [0, 0.1) is 5.92 Å². The van der Waals surface area contributed by atoms with Crippen LogP contribution in [0.5, 0.6) is 0 Å². The van der Waals surface area contributed by atoms with E-state index in [9.17, 15) is 28.2 Å². The first-order chi connectivity index (χ1) is 20.0. The average molecular weight is 609 g/mol. The molecular weight excluding hydrogens is 580 g/mol. The van der Waals surface area contributed by atoms with Crippen LogP contribution in [0.2, 0.25) is 0 Å². The van der Waals surface area contributed by atoms with Gasteiger partial charge in [-0.2, -0.15) is 27.8 Å². The minimum atomic E-state index is -4.21. The summed E-state index contributed by atoms with van der Waals surface area (Å²) in [4.78, 5) is 45.2. The van der Waals surface area contributed by atoms with Crippen molar-refractivity contribution < 1.29 is 28.1 Å². The second-order valence-corrected chi connectivity index (χ2v) is 11.6. The Hall–Kier alpha value is -3.99. The monoisotopic (exact) mass is 608 g/mol. The van der Waals surface area contributed by atoms with Gasteiger partial charge in [0.1, 0.15) is 12.5 Å². The number of aromatic nitrogens is 8. The van der Waals surface area contributed by atoms with Crippen LogP contribution in [0.15, 0.2) is 22.2 Å². The van der Waals surface area contributed by atoms with E-state index >= 15 is 0 Å². The van der Waals surface area contributed by atoms with Gasteiger partial charge in [0.15, 0.2) is 22.3 Å². The molecule has 0 spiro atoms. The van der Waals surface area contributed by atoms with Gasteiger partial charge in [-0.25, -0.2) is 9.97 Å². The molecule has 20 nitrogen and oxygen atoms in total. The number of rotatable bonds is 8. The highest BCUT2D eigenvalue weighted by molar-refractivity contribution is 7.87. The van der Waals surface area contributed by atoms with Crippen molar-refractivity contribution in [1.29, 1.82) is 0 Å². The van der Waals surface area contributed by atoms with E-state index in [-0.39, 0.29) is 47.2 Å². The smallest absolute Gasteiger partial charge is 0.280 e. The Morgan fingerprint density at radius 3 is 2.24 bits per heavy atom. The van der Waals surface area contributed by atoms with Crippen molar-refractivity contribution in [3.63, 3.8) is 0 Å². The lowest BCUT2D eigenvalue weighted by Crippen LogP contribution is -2.51. The van der Waals surface area contributed by atoms with E-state index in [0.717, 1.165) is 0 Å². The number of anilines is 2. The Labute approximate surface area is 235 Å². The van der Waals surface area contributed by atoms with Crippen molar-refractivity contribution in [1.82, 2.24) is 48.5 Å². The van der Waals surface area contributed by atoms with Crippen LogP contribution in [0.3, 0.4) is 0 Å². The minimum absolute atomic E-state index is 0.0226. The molecule has 0 amide bonds. The molecule has 0 aliphatic carbocycles. The van der Waals surface area contributed by atoms with E-state index in [2.05, 4.69) is 39.3 Å². The highest BCUT2D eigenvalue weighted by atomic mass is 32.2. The lowest BCUT2D eigenvalue weighted by molar-refractivity contribution is -0.0314. The summed E-state index contributed by atoms with van der Waals surface area (Å²) in [7, 11) is -4.21. The van der Waals surface area contributed by atoms with Crippen molar-refractivity contribution in [3.05, 3.63) is 33.4 Å². The van der Waals surface area contributed by atoms with Gasteiger partial charge in [-0.05, 0) is 0 Å². The number of aliphatic hydroxyl groups excluding tert-OH is 2. The summed E-state index contributed by atoms with van der Waals surface area (Å²) < 4.78 is 45.6. The normalized spacial score (nSPS) is 28.3. The number of aliphatic hydroxyl groups is 2. The Balaban J connectivity index is 1.14. The first-order valence-corrected chi connectivity index (χ1v) is 14.3. The average Bonchev–Trinajstić information content (AvgIpc) is 3.68. The third kappa shape index (κ3) is 4.89. The fourth-order valence-electron chi connectivity index (χ4n) is 5.33. The van der Waals surface area contributed by atoms with Gasteiger partial charge in [0.25, 0.3) is 21.3 Å². The topological polar surface area (TPSA) is 296 Å². The lowest BCUT2D eigenvalue weighted by atomic mass is 10.0. The predicted molar refractivity (Wildman–Crippen MR) is 144 cm³/mol. The van der Waals surface area contributed by atoms with Gasteiger partial charge in [-0.1, -0.05) is 6.92 Å². The third-order valence-corrected chi connectivity index (χ3v) is 8.50. The van der Waals surface area contributed by atoms with E-state index in [1.165, 1.54) is 21.8 Å². The number of nitrogens with one attached hydrogen (secondary N) is 4. The van der Waals surface area contributed by atoms with Gasteiger partial charge in [-0.15, -0.1) is 0 Å². The summed E-state index contributed by atoms with van der Waals surface area (Å²) in [6.07, 6.45) is -1.86. The molecule has 7 atom stereocenters. The molecule has 2 saturated heterocycles. The molecule has 4 aromatic heterocycles. The second kappa shape index (κ2) is 10.4. The third-order valence-electron chi connectivity index (χ3n) is 7.37. The van der Waals surface area contributed by atoms with Crippen molar-refractivity contribution in [3.8, 4) is 0 Å². The van der Waals surface area contributed by atoms with Gasteiger partial charge in [0.2, 0.25) is 11.9 Å². The summed E-state index contributed by atoms with van der Waals surface area (Å²) >= 11 is 0. The zero-order valence-electron chi connectivity index (χ0n) is 21.9. The molecular formula is C21H28N12O8S. The number of nitrogens with zero attached hydrogens (tertiary/aromatic N) is 6. The fourth-order valence-corrected chi connectivity index (χ4v) is 6.52. The number of nitrogens with two attached hydrogens (primary N) is 2. The molecule has 0 radical (unpaired) electrons. The van der Waals surface area contributed by atoms with Crippen molar-refractivity contribution in [2.45, 2.75) is 50.2 Å². The van der Waals surface area contributed by atoms with Crippen LogP contribution in [0.4, 0.5) is 11.9 Å². The van der Waals surface area contributed by atoms with E-state index in [1.807, 2.05) is 0 Å². The number of nitrogen functional groups attached to an aromatic ring is 2. The molecule has 2 aliphatic rings. The van der Waals surface area contributed by atoms with Crippen molar-refractivity contribution in [2.24, 2.45) is 5.92 Å². The number of H-pyrrole nitrogens is 2. The zero-order chi connectivity index (χ0) is 29.9. The summed E-state index contributed by atoms with van der Waals surface area (Å²) in [6.45, 7) is 0.887. The minimum Gasteiger partial charge on any atom is -0.394 e. The Morgan fingerprint density at radius 1 is 1.02 bits per heavy atom. The molecule has 21 heteroatoms. The molecule has 10 N–H and O–H groups in total. The fraction of sp³-hybridized carbons (Fsp3) is 0.524. The maximum atomic E-state index is 13.0. The maximum absolute atomic E-state index is 13.0. The molecule has 0 unspecified atom stereocenters. The number of fused-ring (bicyclic) bond motifs is 2. The standard InChI is InChI=1S/C21H28N12O8S/c1-7-12(10(4-34)41-19(7)33-6-25-14-16(33)28-21(23)30-18(14)37)31-42(38,39)26-3-9-8(35)2-11(40-9)32-5-24-13-15(32)27-20(22)29-17(13)36/h5-12,19,26,31,34-35H,2-4H2,1H3,(H3,22,27,29,36)(H3,23,28,30,37)/t7-,8+,9-,10-,11-,12+,19-/m1/s1. The van der Waals surface area contributed by atoms with Crippen molar-refractivity contribution in [2.75, 3.05) is 24.6 Å². The lowest BCUT2D eigenvalue weighted by Gasteiger charge is -2.23. The van der Waals surface area contributed by atoms with Gasteiger partial charge in [-0.3, -0.25) is 28.7 Å². The van der Waals surface area contributed by atoms with Crippen LogP contribution >= 0.6 is 0 Å². The van der Waals surface area contributed by atoms with Crippen LogP contribution in [0.1, 0.15) is 25.8 Å². The highest BCUT2D eigenvalue weighted by Gasteiger charge is 2.45. The Morgan fingerprint density at radius 2 is 1.62 bits per heavy atom. The Kier molecular flexibility index (Phi) is 6.95. The van der Waals surface area contributed by atoms with Crippen LogP contribution in [0.25, 0.3) is 22.3 Å². The SMILES string of the molecule is C[C@@H]1[C@H](NS(=O)(=O)NC[C@H]2O[C@@H](n3cnc4c(=O)[nH]c(N)nc43)C[C@@H]2O)[C@@H](CO)O[C@H]1n1cnc2c(=O)[nH]c(N)nc21. The quantitative estimate of drug-likeness (QED) is 0.0958. The molecule has 0 aromatic carbocycles. The highest BCUT2D eigenvalue weighted by Crippen LogP contribution is 2.36. The molecule has 0 saturated carbocycles. The summed E-state index contributed by atoms with van der Waals surface area (Å²) in [6, 6.07) is -0.900. The summed E-state index contributed by atoms with van der Waals surface area (Å²) in [5.41, 5.74) is 10.6. The van der Waals surface area contributed by atoms with Gasteiger partial charge < -0.3 is 31.2 Å². The second-order valence-electron chi connectivity index (χ2n) is 10.1. The number of imidazole rings is 2. The maximum Gasteiger partial charge on any atom is 0.280 e. The van der Waals surface area contributed by atoms with E-state index in [1.54, 1.807) is 6.92 Å². The summed E-state index contributed by atoms with van der Waals surface area (Å²) in [5.74, 6) is -0.811. The van der Waals surface area contributed by atoms with E-state index < -0.39 is 70.7 Å². The molecule has 6 heterocycles.